The minimum absolute atomic E-state index is 1.13. The molecule has 0 saturated carbocycles. The Kier molecular flexibility index (Phi) is 12.4. The third-order valence-corrected chi connectivity index (χ3v) is 6.35. The van der Waals surface area contributed by atoms with E-state index in [1.807, 2.05) is 0 Å². The van der Waals surface area contributed by atoms with Crippen molar-refractivity contribution < 1.29 is 0 Å². The molecule has 0 saturated heterocycles. The van der Waals surface area contributed by atoms with Crippen LogP contribution < -0.4 is 0 Å². The third-order valence-electron chi connectivity index (χ3n) is 5.36. The number of halogens is 2. The molecule has 0 aliphatic rings. The first-order chi connectivity index (χ1) is 14.7. The van der Waals surface area contributed by atoms with E-state index in [4.69, 9.17) is 0 Å². The largest absolute Gasteiger partial charge is 0.0839 e. The fourth-order valence-corrected chi connectivity index (χ4v) is 4.39. The Hall–Kier alpha value is -1.12. The third kappa shape index (κ3) is 8.94. The molecule has 2 aromatic rings. The maximum Gasteiger partial charge on any atom is 0.0181 e. The molecule has 0 spiro atoms. The average molecular weight is 532 g/mol. The quantitative estimate of drug-likeness (QED) is 0.225. The van der Waals surface area contributed by atoms with E-state index in [0.29, 0.717) is 0 Å². The molecule has 0 N–H and O–H groups in total. The van der Waals surface area contributed by atoms with Crippen molar-refractivity contribution in [3.8, 4) is 11.1 Å². The molecule has 0 unspecified atom stereocenters. The molecule has 2 heteroatoms. The van der Waals surface area contributed by atoms with E-state index < -0.39 is 0 Å². The summed E-state index contributed by atoms with van der Waals surface area (Å²) in [5.41, 5.74) is 5.14. The van der Waals surface area contributed by atoms with Gasteiger partial charge in [0.2, 0.25) is 0 Å². The van der Waals surface area contributed by atoms with Crippen molar-refractivity contribution in [2.75, 3.05) is 0 Å². The Labute approximate surface area is 201 Å². The smallest absolute Gasteiger partial charge is 0.0181 e. The van der Waals surface area contributed by atoms with Crippen LogP contribution in [0.4, 0.5) is 0 Å². The first-order valence-corrected chi connectivity index (χ1v) is 13.2. The first kappa shape index (κ1) is 25.1. The molecule has 0 nitrogen and oxygen atoms in total. The van der Waals surface area contributed by atoms with Crippen LogP contribution in [0.3, 0.4) is 0 Å². The summed E-state index contributed by atoms with van der Waals surface area (Å²) < 4.78 is 2.25. The van der Waals surface area contributed by atoms with Gasteiger partial charge in [-0.05, 0) is 72.2 Å². The van der Waals surface area contributed by atoms with Gasteiger partial charge in [0, 0.05) is 8.95 Å². The van der Waals surface area contributed by atoms with Crippen LogP contribution in [0, 0.1) is 0 Å². The highest BCUT2D eigenvalue weighted by molar-refractivity contribution is 9.10. The van der Waals surface area contributed by atoms with Gasteiger partial charge in [-0.25, -0.2) is 0 Å². The fraction of sp³-hybridized carbons (Fsp3) is 0.429. The Bertz CT molecular complexity index is 748. The van der Waals surface area contributed by atoms with Crippen LogP contribution in [0.5, 0.6) is 0 Å². The van der Waals surface area contributed by atoms with E-state index in [-0.39, 0.29) is 0 Å². The number of benzene rings is 2. The van der Waals surface area contributed by atoms with Gasteiger partial charge in [0.15, 0.2) is 0 Å². The molecule has 0 atom stereocenters. The summed E-state index contributed by atoms with van der Waals surface area (Å²) in [6, 6.07) is 13.2. The molecule has 0 aliphatic carbocycles. The van der Waals surface area contributed by atoms with Crippen molar-refractivity contribution in [3.63, 3.8) is 0 Å². The summed E-state index contributed by atoms with van der Waals surface area (Å²) in [7, 11) is 0. The van der Waals surface area contributed by atoms with Crippen LogP contribution in [-0.4, -0.2) is 0 Å². The van der Waals surface area contributed by atoms with Gasteiger partial charge >= 0.3 is 0 Å². The number of unbranched alkanes of at least 4 members (excludes halogenated alkanes) is 8. The standard InChI is InChI=1S/C28H36Br2/c1-3-5-7-9-11-13-15-23-21-25(29)17-19-27(23)28-20-18-26(30)22-24(28)16-14-12-10-8-6-4-2/h13-22H,3-12H2,1-2H3/b15-13-,16-14+. The van der Waals surface area contributed by atoms with E-state index >= 15 is 0 Å². The minimum Gasteiger partial charge on any atom is -0.0839 e. The van der Waals surface area contributed by atoms with Gasteiger partial charge in [0.25, 0.3) is 0 Å². The highest BCUT2D eigenvalue weighted by atomic mass is 79.9. The lowest BCUT2D eigenvalue weighted by Crippen LogP contribution is -1.88. The normalized spacial score (nSPS) is 11.7. The summed E-state index contributed by atoms with van der Waals surface area (Å²) in [6.07, 6.45) is 22.0. The van der Waals surface area contributed by atoms with Crippen LogP contribution in [0.25, 0.3) is 23.3 Å². The maximum atomic E-state index is 3.66. The zero-order valence-electron chi connectivity index (χ0n) is 18.6. The van der Waals surface area contributed by atoms with Crippen LogP contribution in [0.15, 0.2) is 57.5 Å². The van der Waals surface area contributed by atoms with E-state index in [0.717, 1.165) is 21.8 Å². The highest BCUT2D eigenvalue weighted by Crippen LogP contribution is 2.33. The average Bonchev–Trinajstić information content (AvgIpc) is 2.74. The summed E-state index contributed by atoms with van der Waals surface area (Å²) >= 11 is 7.32. The lowest BCUT2D eigenvalue weighted by Gasteiger charge is -2.12. The molecule has 2 aromatic carbocycles. The summed E-state index contributed by atoms with van der Waals surface area (Å²) in [4.78, 5) is 0. The van der Waals surface area contributed by atoms with Gasteiger partial charge < -0.3 is 0 Å². The molecule has 0 fully saturated rings. The van der Waals surface area contributed by atoms with Gasteiger partial charge in [-0.3, -0.25) is 0 Å². The molecular formula is C28H36Br2. The fourth-order valence-electron chi connectivity index (χ4n) is 3.63. The zero-order valence-corrected chi connectivity index (χ0v) is 21.8. The van der Waals surface area contributed by atoms with Gasteiger partial charge in [0.1, 0.15) is 0 Å². The van der Waals surface area contributed by atoms with Crippen molar-refractivity contribution in [3.05, 3.63) is 68.6 Å². The van der Waals surface area contributed by atoms with Crippen LogP contribution in [-0.2, 0) is 0 Å². The van der Waals surface area contributed by atoms with Crippen LogP contribution >= 0.6 is 31.9 Å². The molecule has 0 amide bonds. The molecule has 162 valence electrons. The van der Waals surface area contributed by atoms with Crippen molar-refractivity contribution in [1.82, 2.24) is 0 Å². The van der Waals surface area contributed by atoms with Crippen molar-refractivity contribution in [2.24, 2.45) is 0 Å². The molecule has 0 aliphatic heterocycles. The van der Waals surface area contributed by atoms with Crippen molar-refractivity contribution >= 4 is 44.0 Å². The van der Waals surface area contributed by atoms with Gasteiger partial charge in [0.05, 0.1) is 0 Å². The van der Waals surface area contributed by atoms with Crippen molar-refractivity contribution in [1.29, 1.82) is 0 Å². The van der Waals surface area contributed by atoms with E-state index in [2.05, 4.69) is 106 Å². The van der Waals surface area contributed by atoms with Gasteiger partial charge in [-0.1, -0.05) is 121 Å². The maximum absolute atomic E-state index is 3.66. The summed E-state index contributed by atoms with van der Waals surface area (Å²) in [5.74, 6) is 0. The molecular weight excluding hydrogens is 496 g/mol. The Morgan fingerprint density at radius 1 is 0.600 bits per heavy atom. The van der Waals surface area contributed by atoms with E-state index in [9.17, 15) is 0 Å². The van der Waals surface area contributed by atoms with E-state index in [1.165, 1.54) is 73.6 Å². The highest BCUT2D eigenvalue weighted by Gasteiger charge is 2.08. The Morgan fingerprint density at radius 2 is 1.03 bits per heavy atom. The van der Waals surface area contributed by atoms with Gasteiger partial charge in [-0.15, -0.1) is 0 Å². The monoisotopic (exact) mass is 530 g/mol. The Morgan fingerprint density at radius 3 is 1.43 bits per heavy atom. The second kappa shape index (κ2) is 14.8. The minimum atomic E-state index is 1.13. The number of allylic oxidation sites excluding steroid dienone is 2. The van der Waals surface area contributed by atoms with Crippen LogP contribution in [0.1, 0.15) is 89.2 Å². The van der Waals surface area contributed by atoms with Crippen LogP contribution in [0.2, 0.25) is 0 Å². The summed E-state index contributed by atoms with van der Waals surface area (Å²) in [5, 5.41) is 0. The second-order valence-corrected chi connectivity index (χ2v) is 9.80. The number of hydrogen-bond donors (Lipinski definition) is 0. The molecule has 0 heterocycles. The predicted molar refractivity (Wildman–Crippen MR) is 143 cm³/mol. The zero-order chi connectivity index (χ0) is 21.6. The molecule has 2 rings (SSSR count). The SMILES string of the molecule is CCCCCC/C=C\c1cc(Br)ccc1-c1ccc(Br)cc1/C=C/CCCCCC. The predicted octanol–water partition coefficient (Wildman–Crippen LogP) is 10.8. The molecule has 0 radical (unpaired) electrons. The van der Waals surface area contributed by atoms with Crippen molar-refractivity contribution in [2.45, 2.75) is 78.1 Å². The first-order valence-electron chi connectivity index (χ1n) is 11.6. The lowest BCUT2D eigenvalue weighted by molar-refractivity contribution is 0.675. The number of hydrogen-bond acceptors (Lipinski definition) is 0. The van der Waals surface area contributed by atoms with E-state index in [1.54, 1.807) is 0 Å². The summed E-state index contributed by atoms with van der Waals surface area (Å²) in [6.45, 7) is 4.53. The number of rotatable bonds is 13. The molecule has 30 heavy (non-hydrogen) atoms. The lowest BCUT2D eigenvalue weighted by atomic mass is 9.94. The molecule has 0 bridgehead atoms. The Balaban J connectivity index is 2.21. The molecule has 0 aromatic heterocycles. The topological polar surface area (TPSA) is 0 Å². The van der Waals surface area contributed by atoms with Gasteiger partial charge in [-0.2, -0.15) is 0 Å². The second-order valence-electron chi connectivity index (χ2n) is 7.97.